The highest BCUT2D eigenvalue weighted by molar-refractivity contribution is 5.93. The Bertz CT molecular complexity index is 1260. The second-order valence-corrected chi connectivity index (χ2v) is 8.39. The molecule has 31 heavy (non-hydrogen) atoms. The number of hydrogen-bond donors (Lipinski definition) is 1. The lowest BCUT2D eigenvalue weighted by Crippen LogP contribution is -2.27. The highest BCUT2D eigenvalue weighted by atomic mass is 16.1. The molecule has 6 nitrogen and oxygen atoms in total. The van der Waals surface area contributed by atoms with Crippen molar-refractivity contribution in [3.05, 3.63) is 70.2 Å². The quantitative estimate of drug-likeness (QED) is 0.508. The van der Waals surface area contributed by atoms with Gasteiger partial charge in [-0.25, -0.2) is 14.5 Å². The molecule has 1 unspecified atom stereocenters. The first-order valence-electron chi connectivity index (χ1n) is 10.8. The fraction of sp³-hybridized carbons (Fsp3) is 0.360. The SMILES string of the molecule is Cc1cc(C)c2c(n1)nn1c(C)c(CCC(=O)NCC(C)c3ccccc3)c(C)nc21. The Labute approximate surface area is 182 Å². The zero-order chi connectivity index (χ0) is 22.1. The minimum absolute atomic E-state index is 0.0560. The van der Waals surface area contributed by atoms with Crippen molar-refractivity contribution in [2.45, 2.75) is 53.4 Å². The molecule has 1 N–H and O–H groups in total. The number of benzene rings is 1. The van der Waals surface area contributed by atoms with E-state index in [1.54, 1.807) is 0 Å². The van der Waals surface area contributed by atoms with Crippen molar-refractivity contribution in [2.24, 2.45) is 0 Å². The van der Waals surface area contributed by atoms with Gasteiger partial charge in [0, 0.05) is 30.0 Å². The number of rotatable bonds is 6. The van der Waals surface area contributed by atoms with Crippen LogP contribution in [0, 0.1) is 27.7 Å². The highest BCUT2D eigenvalue weighted by Crippen LogP contribution is 2.25. The maximum atomic E-state index is 12.5. The normalized spacial score (nSPS) is 12.4. The van der Waals surface area contributed by atoms with Gasteiger partial charge in [-0.15, -0.1) is 5.10 Å². The largest absolute Gasteiger partial charge is 0.355 e. The first kappa shape index (κ1) is 21.0. The summed E-state index contributed by atoms with van der Waals surface area (Å²) in [5.74, 6) is 0.336. The van der Waals surface area contributed by atoms with Crippen molar-refractivity contribution in [3.8, 4) is 0 Å². The average Bonchev–Trinajstić information content (AvgIpc) is 3.11. The van der Waals surface area contributed by atoms with Crippen LogP contribution in [0.3, 0.4) is 0 Å². The molecule has 1 atom stereocenters. The fourth-order valence-corrected chi connectivity index (χ4v) is 4.22. The third-order valence-corrected chi connectivity index (χ3v) is 5.99. The summed E-state index contributed by atoms with van der Waals surface area (Å²) < 4.78 is 1.88. The lowest BCUT2D eigenvalue weighted by atomic mass is 10.0. The molecule has 0 bridgehead atoms. The number of pyridine rings is 1. The van der Waals surface area contributed by atoms with Gasteiger partial charge in [-0.2, -0.15) is 0 Å². The van der Waals surface area contributed by atoms with E-state index in [9.17, 15) is 4.79 Å². The number of nitrogens with zero attached hydrogens (tertiary/aromatic N) is 4. The van der Waals surface area contributed by atoms with Gasteiger partial charge in [0.15, 0.2) is 11.3 Å². The zero-order valence-corrected chi connectivity index (χ0v) is 18.9. The molecule has 0 spiro atoms. The number of fused-ring (bicyclic) bond motifs is 3. The fourth-order valence-electron chi connectivity index (χ4n) is 4.22. The third kappa shape index (κ3) is 4.15. The van der Waals surface area contributed by atoms with Crippen LogP contribution in [0.4, 0.5) is 0 Å². The summed E-state index contributed by atoms with van der Waals surface area (Å²) in [6.45, 7) is 10.9. The van der Waals surface area contributed by atoms with Crippen LogP contribution in [-0.2, 0) is 11.2 Å². The van der Waals surface area contributed by atoms with E-state index in [1.165, 1.54) is 5.56 Å². The number of aryl methyl sites for hydroxylation is 4. The van der Waals surface area contributed by atoms with Crippen molar-refractivity contribution in [2.75, 3.05) is 6.54 Å². The van der Waals surface area contributed by atoms with E-state index in [0.29, 0.717) is 19.4 Å². The molecule has 0 radical (unpaired) electrons. The second kappa shape index (κ2) is 8.46. The topological polar surface area (TPSA) is 72.2 Å². The first-order valence-corrected chi connectivity index (χ1v) is 10.8. The molecule has 1 amide bonds. The van der Waals surface area contributed by atoms with Crippen molar-refractivity contribution >= 4 is 22.6 Å². The molecule has 160 valence electrons. The van der Waals surface area contributed by atoms with Crippen LogP contribution in [-0.4, -0.2) is 32.0 Å². The molecule has 0 aliphatic carbocycles. The van der Waals surface area contributed by atoms with E-state index in [-0.39, 0.29) is 11.8 Å². The summed E-state index contributed by atoms with van der Waals surface area (Å²) in [5.41, 5.74) is 7.89. The molecular weight excluding hydrogens is 386 g/mol. The van der Waals surface area contributed by atoms with Gasteiger partial charge in [0.2, 0.25) is 5.91 Å². The summed E-state index contributed by atoms with van der Waals surface area (Å²) in [4.78, 5) is 21.9. The van der Waals surface area contributed by atoms with Crippen molar-refractivity contribution < 1.29 is 4.79 Å². The Morgan fingerprint density at radius 2 is 1.84 bits per heavy atom. The van der Waals surface area contributed by atoms with Gasteiger partial charge >= 0.3 is 0 Å². The minimum atomic E-state index is 0.0560. The number of amides is 1. The van der Waals surface area contributed by atoms with Gasteiger partial charge in [0.05, 0.1) is 5.39 Å². The van der Waals surface area contributed by atoms with Crippen molar-refractivity contribution in [1.29, 1.82) is 0 Å². The molecule has 6 heteroatoms. The number of carbonyl (C=O) groups is 1. The van der Waals surface area contributed by atoms with Crippen LogP contribution in [0.5, 0.6) is 0 Å². The van der Waals surface area contributed by atoms with Gasteiger partial charge in [0.25, 0.3) is 0 Å². The van der Waals surface area contributed by atoms with Gasteiger partial charge in [0.1, 0.15) is 0 Å². The lowest BCUT2D eigenvalue weighted by Gasteiger charge is -2.14. The van der Waals surface area contributed by atoms with Gasteiger partial charge in [-0.1, -0.05) is 37.3 Å². The number of nitrogens with one attached hydrogen (secondary N) is 1. The summed E-state index contributed by atoms with van der Waals surface area (Å²) in [6.07, 6.45) is 1.06. The van der Waals surface area contributed by atoms with E-state index in [1.807, 2.05) is 43.5 Å². The van der Waals surface area contributed by atoms with Crippen molar-refractivity contribution in [1.82, 2.24) is 24.9 Å². The Kier molecular flexibility index (Phi) is 5.72. The third-order valence-electron chi connectivity index (χ3n) is 5.99. The van der Waals surface area contributed by atoms with Crippen LogP contribution < -0.4 is 5.32 Å². The van der Waals surface area contributed by atoms with E-state index >= 15 is 0 Å². The van der Waals surface area contributed by atoms with Crippen LogP contribution in [0.15, 0.2) is 36.4 Å². The summed E-state index contributed by atoms with van der Waals surface area (Å²) in [6, 6.07) is 12.3. The molecule has 0 saturated carbocycles. The number of carbonyl (C=O) groups excluding carboxylic acids is 1. The molecule has 3 aromatic heterocycles. The van der Waals surface area contributed by atoms with E-state index in [4.69, 9.17) is 10.1 Å². The van der Waals surface area contributed by atoms with Gasteiger partial charge in [-0.3, -0.25) is 4.79 Å². The Hall–Kier alpha value is -3.28. The van der Waals surface area contributed by atoms with Crippen LogP contribution in [0.25, 0.3) is 16.7 Å². The zero-order valence-electron chi connectivity index (χ0n) is 18.9. The standard InChI is InChI=1S/C25H29N5O/c1-15-13-17(3)27-24-23(15)25-28-18(4)21(19(5)30(25)29-24)11-12-22(31)26-14-16(2)20-9-7-6-8-10-20/h6-10,13,16H,11-12,14H2,1-5H3,(H,26,31). The first-order chi connectivity index (χ1) is 14.8. The number of hydrogen-bond acceptors (Lipinski definition) is 4. The van der Waals surface area contributed by atoms with Gasteiger partial charge < -0.3 is 5.32 Å². The molecule has 0 saturated heterocycles. The van der Waals surface area contributed by atoms with Crippen LogP contribution >= 0.6 is 0 Å². The molecule has 0 aliphatic rings. The molecule has 1 aromatic carbocycles. The van der Waals surface area contributed by atoms with Crippen LogP contribution in [0.2, 0.25) is 0 Å². The summed E-state index contributed by atoms with van der Waals surface area (Å²) >= 11 is 0. The predicted molar refractivity (Wildman–Crippen MR) is 123 cm³/mol. The smallest absolute Gasteiger partial charge is 0.220 e. The molecular formula is C25H29N5O. The molecule has 0 fully saturated rings. The maximum Gasteiger partial charge on any atom is 0.220 e. The lowest BCUT2D eigenvalue weighted by molar-refractivity contribution is -0.121. The Morgan fingerprint density at radius 1 is 1.10 bits per heavy atom. The predicted octanol–water partition coefficient (Wildman–Crippen LogP) is 4.36. The van der Waals surface area contributed by atoms with E-state index in [0.717, 1.165) is 44.9 Å². The Balaban J connectivity index is 1.50. The maximum absolute atomic E-state index is 12.5. The summed E-state index contributed by atoms with van der Waals surface area (Å²) in [7, 11) is 0. The van der Waals surface area contributed by atoms with Crippen LogP contribution in [0.1, 0.15) is 53.0 Å². The molecule has 4 rings (SSSR count). The van der Waals surface area contributed by atoms with E-state index < -0.39 is 0 Å². The Morgan fingerprint density at radius 3 is 2.58 bits per heavy atom. The minimum Gasteiger partial charge on any atom is -0.355 e. The second-order valence-electron chi connectivity index (χ2n) is 8.39. The summed E-state index contributed by atoms with van der Waals surface area (Å²) in [5, 5.41) is 8.77. The molecule has 4 aromatic rings. The molecule has 0 aliphatic heterocycles. The van der Waals surface area contributed by atoms with E-state index in [2.05, 4.69) is 42.3 Å². The highest BCUT2D eigenvalue weighted by Gasteiger charge is 2.17. The van der Waals surface area contributed by atoms with Crippen molar-refractivity contribution in [3.63, 3.8) is 0 Å². The monoisotopic (exact) mass is 415 g/mol. The average molecular weight is 416 g/mol. The molecule has 3 heterocycles. The van der Waals surface area contributed by atoms with Gasteiger partial charge in [-0.05, 0) is 62.8 Å². The number of aromatic nitrogens is 4.